The van der Waals surface area contributed by atoms with Crippen molar-refractivity contribution in [2.24, 2.45) is 0 Å². The molecule has 0 radical (unpaired) electrons. The van der Waals surface area contributed by atoms with E-state index in [-0.39, 0.29) is 17.1 Å². The number of carbonyl (C=O) groups is 1. The van der Waals surface area contributed by atoms with Gasteiger partial charge in [0.2, 0.25) is 0 Å². The van der Waals surface area contributed by atoms with Crippen LogP contribution in [0.3, 0.4) is 0 Å². The van der Waals surface area contributed by atoms with Gasteiger partial charge in [-0.05, 0) is 47.7 Å². The fraction of sp³-hybridized carbons (Fsp3) is 0.350. The molecule has 0 aliphatic heterocycles. The predicted octanol–water partition coefficient (Wildman–Crippen LogP) is 5.01. The van der Waals surface area contributed by atoms with Crippen LogP contribution >= 0.6 is 0 Å². The molecule has 2 aromatic carbocycles. The average Bonchev–Trinajstić information content (AvgIpc) is 2.56. The molecular formula is C20H24FNO2. The zero-order valence-electron chi connectivity index (χ0n) is 14.9. The van der Waals surface area contributed by atoms with E-state index >= 15 is 0 Å². The first kappa shape index (κ1) is 18.0. The maximum Gasteiger partial charge on any atom is 0.253 e. The fourth-order valence-electron chi connectivity index (χ4n) is 2.28. The number of rotatable bonds is 5. The highest BCUT2D eigenvalue weighted by Gasteiger charge is 2.18. The summed E-state index contributed by atoms with van der Waals surface area (Å²) in [6, 6.07) is 11.9. The van der Waals surface area contributed by atoms with Gasteiger partial charge in [-0.15, -0.1) is 0 Å². The maximum atomic E-state index is 14.2. The molecule has 0 bridgehead atoms. The van der Waals surface area contributed by atoms with Gasteiger partial charge in [0.25, 0.3) is 5.91 Å². The quantitative estimate of drug-likeness (QED) is 0.772. The van der Waals surface area contributed by atoms with Gasteiger partial charge >= 0.3 is 0 Å². The van der Waals surface area contributed by atoms with Crippen LogP contribution in [0.25, 0.3) is 0 Å². The Balaban J connectivity index is 2.18. The van der Waals surface area contributed by atoms with Crippen LogP contribution in [0.15, 0.2) is 42.5 Å². The minimum Gasteiger partial charge on any atom is -0.454 e. The SMILES string of the molecule is CCC(C)(C)c1ccc(Oc2ccc(C(=O)N(C)C)cc2F)cc1. The molecule has 0 heterocycles. The molecule has 0 spiro atoms. The molecule has 2 rings (SSSR count). The first-order valence-corrected chi connectivity index (χ1v) is 8.04. The van der Waals surface area contributed by atoms with Crippen molar-refractivity contribution in [3.63, 3.8) is 0 Å². The smallest absolute Gasteiger partial charge is 0.253 e. The summed E-state index contributed by atoms with van der Waals surface area (Å²) in [6.07, 6.45) is 1.03. The van der Waals surface area contributed by atoms with Crippen LogP contribution in [0, 0.1) is 5.82 Å². The lowest BCUT2D eigenvalue weighted by atomic mass is 9.82. The molecule has 0 aliphatic carbocycles. The molecule has 0 aromatic heterocycles. The monoisotopic (exact) mass is 329 g/mol. The van der Waals surface area contributed by atoms with Gasteiger partial charge in [-0.1, -0.05) is 32.9 Å². The van der Waals surface area contributed by atoms with E-state index in [9.17, 15) is 9.18 Å². The number of hydrogen-bond acceptors (Lipinski definition) is 2. The Kier molecular flexibility index (Phi) is 5.27. The minimum absolute atomic E-state index is 0.0952. The standard InChI is InChI=1S/C20H24FNO2/c1-6-20(2,3)15-8-10-16(11-9-15)24-18-12-7-14(13-17(18)21)19(23)22(4)5/h7-13H,6H2,1-5H3. The normalized spacial score (nSPS) is 11.2. The molecule has 128 valence electrons. The second-order valence-electron chi connectivity index (χ2n) is 6.71. The van der Waals surface area contributed by atoms with Crippen LogP contribution < -0.4 is 4.74 Å². The minimum atomic E-state index is -0.555. The summed E-state index contributed by atoms with van der Waals surface area (Å²) >= 11 is 0. The molecule has 0 aliphatic rings. The van der Waals surface area contributed by atoms with Crippen molar-refractivity contribution in [2.75, 3.05) is 14.1 Å². The van der Waals surface area contributed by atoms with Gasteiger partial charge in [-0.3, -0.25) is 4.79 Å². The highest BCUT2D eigenvalue weighted by molar-refractivity contribution is 5.94. The van der Waals surface area contributed by atoms with Crippen LogP contribution in [0.4, 0.5) is 4.39 Å². The van der Waals surface area contributed by atoms with E-state index in [0.717, 1.165) is 6.42 Å². The molecule has 0 saturated carbocycles. The second-order valence-corrected chi connectivity index (χ2v) is 6.71. The van der Waals surface area contributed by atoms with Crippen molar-refractivity contribution >= 4 is 5.91 Å². The van der Waals surface area contributed by atoms with Crippen LogP contribution in [0.2, 0.25) is 0 Å². The Morgan fingerprint density at radius 3 is 2.25 bits per heavy atom. The Morgan fingerprint density at radius 2 is 1.75 bits per heavy atom. The summed E-state index contributed by atoms with van der Waals surface area (Å²) in [5.41, 5.74) is 1.60. The van der Waals surface area contributed by atoms with Crippen LogP contribution in [0.5, 0.6) is 11.5 Å². The summed E-state index contributed by atoms with van der Waals surface area (Å²) < 4.78 is 19.8. The first-order chi connectivity index (χ1) is 11.2. The van der Waals surface area contributed by atoms with Gasteiger partial charge in [0.15, 0.2) is 11.6 Å². The lowest BCUT2D eigenvalue weighted by Gasteiger charge is -2.23. The summed E-state index contributed by atoms with van der Waals surface area (Å²) in [5, 5.41) is 0. The predicted molar refractivity (Wildman–Crippen MR) is 94.3 cm³/mol. The number of ether oxygens (including phenoxy) is 1. The van der Waals surface area contributed by atoms with Gasteiger partial charge in [0.05, 0.1) is 0 Å². The lowest BCUT2D eigenvalue weighted by Crippen LogP contribution is -2.21. The average molecular weight is 329 g/mol. The van der Waals surface area contributed by atoms with Crippen molar-refractivity contribution < 1.29 is 13.9 Å². The largest absolute Gasteiger partial charge is 0.454 e. The summed E-state index contributed by atoms with van der Waals surface area (Å²) in [4.78, 5) is 13.3. The van der Waals surface area contributed by atoms with Crippen molar-refractivity contribution in [3.8, 4) is 11.5 Å². The third-order valence-corrected chi connectivity index (χ3v) is 4.33. The third kappa shape index (κ3) is 3.94. The molecule has 0 fully saturated rings. The Bertz CT molecular complexity index is 721. The number of hydrogen-bond donors (Lipinski definition) is 0. The molecule has 4 heteroatoms. The summed E-state index contributed by atoms with van der Waals surface area (Å²) in [7, 11) is 3.26. The van der Waals surface area contributed by atoms with E-state index in [1.165, 1.54) is 22.6 Å². The van der Waals surface area contributed by atoms with Gasteiger partial charge < -0.3 is 9.64 Å². The number of halogens is 1. The zero-order valence-corrected chi connectivity index (χ0v) is 14.9. The highest BCUT2D eigenvalue weighted by atomic mass is 19.1. The lowest BCUT2D eigenvalue weighted by molar-refractivity contribution is 0.0827. The zero-order chi connectivity index (χ0) is 17.9. The third-order valence-electron chi connectivity index (χ3n) is 4.33. The molecule has 24 heavy (non-hydrogen) atoms. The Morgan fingerprint density at radius 1 is 1.12 bits per heavy atom. The van der Waals surface area contributed by atoms with Gasteiger partial charge in [-0.25, -0.2) is 4.39 Å². The molecule has 3 nitrogen and oxygen atoms in total. The number of benzene rings is 2. The van der Waals surface area contributed by atoms with Gasteiger partial charge in [-0.2, -0.15) is 0 Å². The van der Waals surface area contributed by atoms with Gasteiger partial charge in [0.1, 0.15) is 5.75 Å². The summed E-state index contributed by atoms with van der Waals surface area (Å²) in [5.74, 6) is -0.128. The van der Waals surface area contributed by atoms with Crippen molar-refractivity contribution in [2.45, 2.75) is 32.6 Å². The Labute approximate surface area is 143 Å². The molecule has 1 amide bonds. The van der Waals surface area contributed by atoms with E-state index in [4.69, 9.17) is 4.74 Å². The number of amides is 1. The van der Waals surface area contributed by atoms with E-state index in [1.54, 1.807) is 20.2 Å². The molecule has 0 atom stereocenters. The van der Waals surface area contributed by atoms with Crippen molar-refractivity contribution in [1.29, 1.82) is 0 Å². The number of nitrogens with zero attached hydrogens (tertiary/aromatic N) is 1. The molecule has 0 N–H and O–H groups in total. The first-order valence-electron chi connectivity index (χ1n) is 8.04. The maximum absolute atomic E-state index is 14.2. The summed E-state index contributed by atoms with van der Waals surface area (Å²) in [6.45, 7) is 6.52. The second kappa shape index (κ2) is 7.04. The highest BCUT2D eigenvalue weighted by Crippen LogP contribution is 2.30. The van der Waals surface area contributed by atoms with Crippen LogP contribution in [-0.4, -0.2) is 24.9 Å². The molecule has 0 saturated heterocycles. The van der Waals surface area contributed by atoms with Crippen LogP contribution in [-0.2, 0) is 5.41 Å². The fourth-order valence-corrected chi connectivity index (χ4v) is 2.28. The molecular weight excluding hydrogens is 305 g/mol. The molecule has 0 unspecified atom stereocenters. The number of carbonyl (C=O) groups excluding carboxylic acids is 1. The van der Waals surface area contributed by atoms with E-state index in [0.29, 0.717) is 11.3 Å². The molecule has 2 aromatic rings. The van der Waals surface area contributed by atoms with Crippen molar-refractivity contribution in [1.82, 2.24) is 4.90 Å². The topological polar surface area (TPSA) is 29.5 Å². The Hall–Kier alpha value is -2.36. The van der Waals surface area contributed by atoms with E-state index < -0.39 is 5.82 Å². The van der Waals surface area contributed by atoms with E-state index in [1.807, 2.05) is 24.3 Å². The van der Waals surface area contributed by atoms with Crippen molar-refractivity contribution in [3.05, 3.63) is 59.4 Å². The van der Waals surface area contributed by atoms with Gasteiger partial charge in [0, 0.05) is 19.7 Å². The van der Waals surface area contributed by atoms with Crippen LogP contribution in [0.1, 0.15) is 43.1 Å². The van der Waals surface area contributed by atoms with E-state index in [2.05, 4.69) is 20.8 Å².